The second kappa shape index (κ2) is 14.5. The molecule has 3 fully saturated rings. The van der Waals surface area contributed by atoms with Crippen LogP contribution in [0.5, 0.6) is 5.75 Å². The summed E-state index contributed by atoms with van der Waals surface area (Å²) in [6, 6.07) is 7.93. The summed E-state index contributed by atoms with van der Waals surface area (Å²) in [5.74, 6) is -2.40. The highest BCUT2D eigenvalue weighted by Gasteiger charge is 2.53. The number of hydrogen-bond acceptors (Lipinski definition) is 11. The number of aliphatic hydroxyl groups is 4. The summed E-state index contributed by atoms with van der Waals surface area (Å²) >= 11 is 0. The Labute approximate surface area is 262 Å². The van der Waals surface area contributed by atoms with Crippen LogP contribution < -0.4 is 10.1 Å². The zero-order chi connectivity index (χ0) is 33.1. The zero-order valence-corrected chi connectivity index (χ0v) is 24.8. The third kappa shape index (κ3) is 7.20. The van der Waals surface area contributed by atoms with E-state index in [2.05, 4.69) is 10.5 Å². The molecule has 2 saturated heterocycles. The standard InChI is InChI=1S/C31H35F3N2O10/c1-3-19(36-44-12-15-4-7-17(32)8-5-15)27-23(37)21(34)31(46-27)45-20-9-6-16(11-18(20)33)10-14(2)30(41)35-22-24(38)26(40)29-28(25(22)39)42-13-43-29/h4-11,21-29,31,37-40H,3,12-13H2,1-2H3,(H,35,41)/b14-10+,36-19+/t21-,22+,23-,24?,25+,26?,27+,28-,29?,31+/m0/s1. The molecule has 15 heteroatoms. The Morgan fingerprint density at radius 1 is 1.02 bits per heavy atom. The van der Waals surface area contributed by atoms with Crippen LogP contribution in [-0.2, 0) is 30.4 Å². The van der Waals surface area contributed by atoms with Gasteiger partial charge in [0.1, 0.15) is 61.9 Å². The molecule has 0 radical (unpaired) electrons. The van der Waals surface area contributed by atoms with Crippen LogP contribution in [-0.4, -0.2) is 100 Å². The Hall–Kier alpha value is -3.57. The maximum Gasteiger partial charge on any atom is 0.247 e. The van der Waals surface area contributed by atoms with Crippen molar-refractivity contribution in [2.75, 3.05) is 6.79 Å². The fourth-order valence-corrected chi connectivity index (χ4v) is 5.45. The van der Waals surface area contributed by atoms with Crippen molar-refractivity contribution in [2.24, 2.45) is 5.16 Å². The summed E-state index contributed by atoms with van der Waals surface area (Å²) in [6.45, 7) is 2.94. The predicted molar refractivity (Wildman–Crippen MR) is 154 cm³/mol. The maximum absolute atomic E-state index is 15.0. The van der Waals surface area contributed by atoms with E-state index in [-0.39, 0.29) is 42.4 Å². The minimum atomic E-state index is -2.05. The fourth-order valence-electron chi connectivity index (χ4n) is 5.45. The van der Waals surface area contributed by atoms with Crippen molar-refractivity contribution in [3.05, 3.63) is 70.8 Å². The third-order valence-electron chi connectivity index (χ3n) is 8.04. The number of ether oxygens (including phenoxy) is 4. The lowest BCUT2D eigenvalue weighted by molar-refractivity contribution is -0.155. The average molecular weight is 653 g/mol. The van der Waals surface area contributed by atoms with E-state index in [1.54, 1.807) is 6.92 Å². The second-order valence-electron chi connectivity index (χ2n) is 11.2. The van der Waals surface area contributed by atoms with Crippen LogP contribution >= 0.6 is 0 Å². The monoisotopic (exact) mass is 652 g/mol. The van der Waals surface area contributed by atoms with E-state index in [1.807, 2.05) is 0 Å². The van der Waals surface area contributed by atoms with Gasteiger partial charge in [0.15, 0.2) is 17.7 Å². The number of halogens is 3. The van der Waals surface area contributed by atoms with Crippen LogP contribution in [0.2, 0.25) is 0 Å². The van der Waals surface area contributed by atoms with Gasteiger partial charge in [0.25, 0.3) is 0 Å². The van der Waals surface area contributed by atoms with Gasteiger partial charge in [-0.05, 0) is 54.8 Å². The number of amides is 1. The second-order valence-corrected chi connectivity index (χ2v) is 11.2. The van der Waals surface area contributed by atoms with Gasteiger partial charge in [0, 0.05) is 5.57 Å². The topological polar surface area (TPSA) is 169 Å². The van der Waals surface area contributed by atoms with Gasteiger partial charge in [0.2, 0.25) is 12.2 Å². The number of carbonyl (C=O) groups excluding carboxylic acids is 1. The van der Waals surface area contributed by atoms with Gasteiger partial charge in [-0.25, -0.2) is 13.2 Å². The molecule has 2 heterocycles. The zero-order valence-electron chi connectivity index (χ0n) is 24.8. The minimum Gasteiger partial charge on any atom is -0.459 e. The number of hydrogen-bond donors (Lipinski definition) is 5. The molecule has 0 spiro atoms. The first-order valence-corrected chi connectivity index (χ1v) is 14.6. The molecule has 5 N–H and O–H groups in total. The lowest BCUT2D eigenvalue weighted by Crippen LogP contribution is -2.67. The molecule has 46 heavy (non-hydrogen) atoms. The third-order valence-corrected chi connectivity index (χ3v) is 8.04. The molecule has 3 aliphatic rings. The Balaban J connectivity index is 1.19. The molecule has 0 aromatic heterocycles. The molecule has 2 aliphatic heterocycles. The molecule has 1 saturated carbocycles. The number of nitrogens with zero attached hydrogens (tertiary/aromatic N) is 1. The van der Waals surface area contributed by atoms with Crippen LogP contribution in [0.4, 0.5) is 13.2 Å². The van der Waals surface area contributed by atoms with Gasteiger partial charge in [-0.2, -0.15) is 0 Å². The smallest absolute Gasteiger partial charge is 0.247 e. The van der Waals surface area contributed by atoms with Gasteiger partial charge < -0.3 is 49.5 Å². The van der Waals surface area contributed by atoms with E-state index in [0.717, 1.165) is 6.07 Å². The number of carbonyl (C=O) groups is 1. The van der Waals surface area contributed by atoms with Crippen molar-refractivity contribution in [1.82, 2.24) is 5.32 Å². The van der Waals surface area contributed by atoms with Crippen LogP contribution in [0.15, 0.2) is 53.2 Å². The SMILES string of the molecule is CC/C(=N\OCc1ccc(F)cc1)[C@H]1O[C@@H](Oc2ccc(/C=C(\C)C(=O)N[C@@H]3C(O)C(O)C4OCO[C@H]4[C@@H]3O)cc2F)[C@@H](F)[C@@H]1O. The van der Waals surface area contributed by atoms with Crippen LogP contribution in [0.25, 0.3) is 6.08 Å². The highest BCUT2D eigenvalue weighted by molar-refractivity contribution is 5.97. The maximum atomic E-state index is 15.0. The van der Waals surface area contributed by atoms with Gasteiger partial charge in [0.05, 0.1) is 11.8 Å². The van der Waals surface area contributed by atoms with E-state index in [0.29, 0.717) is 5.56 Å². The fraction of sp³-hybridized carbons (Fsp3) is 0.484. The summed E-state index contributed by atoms with van der Waals surface area (Å²) in [5.41, 5.74) is 1.13. The molecule has 10 atom stereocenters. The largest absolute Gasteiger partial charge is 0.459 e. The molecule has 2 aromatic rings. The number of rotatable bonds is 10. The van der Waals surface area contributed by atoms with Crippen molar-refractivity contribution >= 4 is 17.7 Å². The van der Waals surface area contributed by atoms with Gasteiger partial charge in [-0.3, -0.25) is 4.79 Å². The molecule has 1 aliphatic carbocycles. The van der Waals surface area contributed by atoms with Crippen molar-refractivity contribution < 1.29 is 62.2 Å². The van der Waals surface area contributed by atoms with Crippen LogP contribution in [0.3, 0.4) is 0 Å². The number of benzene rings is 2. The summed E-state index contributed by atoms with van der Waals surface area (Å²) < 4.78 is 64.5. The van der Waals surface area contributed by atoms with Crippen molar-refractivity contribution in [2.45, 2.75) is 88.1 Å². The van der Waals surface area contributed by atoms with Crippen molar-refractivity contribution in [3.8, 4) is 5.75 Å². The first-order chi connectivity index (χ1) is 22.0. The Morgan fingerprint density at radius 2 is 1.72 bits per heavy atom. The summed E-state index contributed by atoms with van der Waals surface area (Å²) in [7, 11) is 0. The Morgan fingerprint density at radius 3 is 2.39 bits per heavy atom. The summed E-state index contributed by atoms with van der Waals surface area (Å²) in [5, 5.41) is 48.2. The summed E-state index contributed by atoms with van der Waals surface area (Å²) in [4.78, 5) is 18.1. The Kier molecular flexibility index (Phi) is 10.6. The molecule has 3 unspecified atom stereocenters. The first-order valence-electron chi connectivity index (χ1n) is 14.6. The molecule has 5 rings (SSSR count). The lowest BCUT2D eigenvalue weighted by Gasteiger charge is -2.41. The molecule has 1 amide bonds. The molecule has 250 valence electrons. The highest BCUT2D eigenvalue weighted by atomic mass is 19.1. The average Bonchev–Trinajstić information content (AvgIpc) is 3.64. The van der Waals surface area contributed by atoms with Crippen LogP contribution in [0, 0.1) is 11.6 Å². The molecular weight excluding hydrogens is 617 g/mol. The van der Waals surface area contributed by atoms with E-state index in [9.17, 15) is 34.0 Å². The quantitative estimate of drug-likeness (QED) is 0.144. The number of aliphatic hydroxyl groups excluding tert-OH is 4. The Bertz CT molecular complexity index is 1440. The number of alkyl halides is 1. The minimum absolute atomic E-state index is 0.00238. The number of fused-ring (bicyclic) bond motifs is 1. The van der Waals surface area contributed by atoms with Crippen LogP contribution in [0.1, 0.15) is 31.4 Å². The van der Waals surface area contributed by atoms with Crippen molar-refractivity contribution in [3.63, 3.8) is 0 Å². The van der Waals surface area contributed by atoms with Gasteiger partial charge >= 0.3 is 0 Å². The molecule has 12 nitrogen and oxygen atoms in total. The number of nitrogens with one attached hydrogen (secondary N) is 1. The van der Waals surface area contributed by atoms with E-state index in [1.165, 1.54) is 49.4 Å². The van der Waals surface area contributed by atoms with Gasteiger partial charge in [-0.15, -0.1) is 0 Å². The lowest BCUT2D eigenvalue weighted by atomic mass is 9.83. The first kappa shape index (κ1) is 33.8. The molecule has 2 aromatic carbocycles. The molecular formula is C31H35F3N2O10. The van der Waals surface area contributed by atoms with E-state index >= 15 is 4.39 Å². The normalized spacial score (nSPS) is 33.1. The summed E-state index contributed by atoms with van der Waals surface area (Å²) in [6.07, 6.45) is -11.3. The highest BCUT2D eigenvalue weighted by Crippen LogP contribution is 2.32. The predicted octanol–water partition coefficient (Wildman–Crippen LogP) is 1.48. The molecule has 0 bridgehead atoms. The van der Waals surface area contributed by atoms with E-state index in [4.69, 9.17) is 23.8 Å². The van der Waals surface area contributed by atoms with E-state index < -0.39 is 78.8 Å². The van der Waals surface area contributed by atoms with Gasteiger partial charge in [-0.1, -0.05) is 30.3 Å². The van der Waals surface area contributed by atoms with Crippen molar-refractivity contribution in [1.29, 1.82) is 0 Å². The number of oxime groups is 1.